The van der Waals surface area contributed by atoms with Gasteiger partial charge in [-0.3, -0.25) is 14.2 Å². The van der Waals surface area contributed by atoms with Crippen molar-refractivity contribution in [2.45, 2.75) is 322 Å². The molecule has 0 spiro atoms. The quantitative estimate of drug-likeness (QED) is 0.0212. The van der Waals surface area contributed by atoms with Crippen LogP contribution in [0.3, 0.4) is 0 Å². The van der Waals surface area contributed by atoms with Crippen molar-refractivity contribution >= 4 is 19.7 Å². The number of carbonyl (C=O) groups excluding carboxylic acids is 2. The summed E-state index contributed by atoms with van der Waals surface area (Å²) < 4.78 is 30.3. The maximum absolute atomic E-state index is 13.5. The summed E-state index contributed by atoms with van der Waals surface area (Å²) >= 11 is 0. The Balaban J connectivity index is 5.05. The first kappa shape index (κ1) is 74.0. The van der Waals surface area contributed by atoms with Crippen molar-refractivity contribution in [1.82, 2.24) is 5.32 Å². The second-order valence-corrected chi connectivity index (χ2v) is 24.7. The van der Waals surface area contributed by atoms with Gasteiger partial charge in [-0.25, -0.2) is 0 Å². The minimum Gasteiger partial charge on any atom is -0.756 e. The number of hydrogen-bond acceptors (Lipinski definition) is 7. The number of allylic oxidation sites excluding steroid dienone is 7. The monoisotopic (exact) mass is 1090 g/mol. The largest absolute Gasteiger partial charge is 0.756 e. The first-order valence-electron chi connectivity index (χ1n) is 32.4. The molecule has 3 atom stereocenters. The van der Waals surface area contributed by atoms with Gasteiger partial charge in [0.2, 0.25) is 5.91 Å². The Morgan fingerprint density at radius 2 is 0.803 bits per heavy atom. The van der Waals surface area contributed by atoms with Crippen LogP contribution in [0.1, 0.15) is 310 Å². The zero-order valence-corrected chi connectivity index (χ0v) is 51.9. The molecule has 0 aliphatic carbocycles. The fraction of sp³-hybridized carbons (Fsp3) is 0.848. The van der Waals surface area contributed by atoms with Gasteiger partial charge in [0.1, 0.15) is 19.3 Å². The van der Waals surface area contributed by atoms with Crippen molar-refractivity contribution in [2.75, 3.05) is 40.9 Å². The Labute approximate surface area is 471 Å². The number of quaternary nitrogens is 1. The fourth-order valence-corrected chi connectivity index (χ4v) is 10.2. The third-order valence-corrected chi connectivity index (χ3v) is 15.4. The number of nitrogens with one attached hydrogen (secondary N) is 1. The standard InChI is InChI=1S/C66H125N2O7P/c1-7-10-13-16-19-22-25-27-29-30-31-32-33-34-35-36-37-38-39-41-44-47-50-53-56-59-66(70)75-64(57-54-51-48-45-42-24-21-18-15-12-9-3)63(62-74-76(71,72)73-61-60-68(4,5)6)67-65(69)58-55-52-49-46-43-40-28-26-23-20-17-14-11-8-2/h19,22,27,29,40,43,54,57,63-64H,7-18,20-21,23-26,28,30-39,41-42,44-53,55-56,58-62H2,1-6H3,(H-,67,69,71,72)/b22-19-,29-27-,43-40-,57-54-. The number of amides is 1. The molecule has 0 aromatic carbocycles. The first-order chi connectivity index (χ1) is 36.9. The third kappa shape index (κ3) is 56.7. The number of esters is 1. The summed E-state index contributed by atoms with van der Waals surface area (Å²) in [7, 11) is 1.18. The lowest BCUT2D eigenvalue weighted by molar-refractivity contribution is -0.870. The second kappa shape index (κ2) is 56.3. The van der Waals surface area contributed by atoms with E-state index in [1.165, 1.54) is 199 Å². The summed E-state index contributed by atoms with van der Waals surface area (Å²) in [5.74, 6) is -0.550. The van der Waals surface area contributed by atoms with E-state index in [1.54, 1.807) is 0 Å². The van der Waals surface area contributed by atoms with Gasteiger partial charge in [0.05, 0.1) is 33.8 Å². The summed E-state index contributed by atoms with van der Waals surface area (Å²) in [6.45, 7) is 6.82. The van der Waals surface area contributed by atoms with E-state index in [0.717, 1.165) is 77.0 Å². The van der Waals surface area contributed by atoms with E-state index in [4.69, 9.17) is 13.8 Å². The van der Waals surface area contributed by atoms with E-state index >= 15 is 0 Å². The SMILES string of the molecule is CCCCC/C=C\C/C=C\CCCCCCCCCCCCCCCCCC(=O)OC(/C=C\CCCCCCCCCCC)C(COP(=O)([O-])OCC[N+](C)(C)C)NC(=O)CCCCC/C=C\CCCCCCCCC. The van der Waals surface area contributed by atoms with Gasteiger partial charge < -0.3 is 28.5 Å². The second-order valence-electron chi connectivity index (χ2n) is 23.3. The number of phosphoric acid groups is 1. The van der Waals surface area contributed by atoms with E-state index in [0.29, 0.717) is 17.4 Å². The molecule has 10 heteroatoms. The van der Waals surface area contributed by atoms with Crippen LogP contribution >= 0.6 is 7.82 Å². The number of likely N-dealkylation sites (N-methyl/N-ethyl adjacent to an activating group) is 1. The Kier molecular flexibility index (Phi) is 54.7. The van der Waals surface area contributed by atoms with Crippen molar-refractivity contribution in [2.24, 2.45) is 0 Å². The number of carbonyl (C=O) groups is 2. The smallest absolute Gasteiger partial charge is 0.306 e. The molecule has 0 aliphatic heterocycles. The van der Waals surface area contributed by atoms with Gasteiger partial charge in [-0.2, -0.15) is 0 Å². The van der Waals surface area contributed by atoms with Crippen LogP contribution in [0.2, 0.25) is 0 Å². The van der Waals surface area contributed by atoms with Crippen molar-refractivity contribution in [3.05, 3.63) is 48.6 Å². The maximum Gasteiger partial charge on any atom is 0.306 e. The molecule has 1 amide bonds. The molecule has 0 aromatic rings. The van der Waals surface area contributed by atoms with E-state index < -0.39 is 26.6 Å². The Morgan fingerprint density at radius 3 is 1.24 bits per heavy atom. The molecule has 9 nitrogen and oxygen atoms in total. The minimum absolute atomic E-state index is 0.0239. The van der Waals surface area contributed by atoms with Gasteiger partial charge in [0.15, 0.2) is 0 Å². The molecule has 0 saturated carbocycles. The van der Waals surface area contributed by atoms with Gasteiger partial charge in [0.25, 0.3) is 7.82 Å². The van der Waals surface area contributed by atoms with Crippen molar-refractivity contribution in [3.63, 3.8) is 0 Å². The zero-order valence-electron chi connectivity index (χ0n) is 51.0. The molecular formula is C66H125N2O7P. The van der Waals surface area contributed by atoms with E-state index in [1.807, 2.05) is 33.3 Å². The van der Waals surface area contributed by atoms with Crippen molar-refractivity contribution in [1.29, 1.82) is 0 Å². The van der Waals surface area contributed by atoms with Gasteiger partial charge in [-0.15, -0.1) is 0 Å². The third-order valence-electron chi connectivity index (χ3n) is 14.5. The van der Waals surface area contributed by atoms with E-state index in [9.17, 15) is 19.0 Å². The maximum atomic E-state index is 13.5. The van der Waals surface area contributed by atoms with Gasteiger partial charge >= 0.3 is 5.97 Å². The molecular weight excluding hydrogens is 964 g/mol. The van der Waals surface area contributed by atoms with Crippen LogP contribution < -0.4 is 10.2 Å². The van der Waals surface area contributed by atoms with Crippen molar-refractivity contribution < 1.29 is 37.3 Å². The molecule has 0 bridgehead atoms. The number of unbranched alkanes of at least 4 members (excludes halogenated alkanes) is 37. The summed E-state index contributed by atoms with van der Waals surface area (Å²) in [5.41, 5.74) is 0. The Bertz CT molecular complexity index is 1440. The molecule has 0 aliphatic rings. The average molecular weight is 1090 g/mol. The highest BCUT2D eigenvalue weighted by Crippen LogP contribution is 2.38. The van der Waals surface area contributed by atoms with Crippen LogP contribution in [-0.4, -0.2) is 69.4 Å². The van der Waals surface area contributed by atoms with E-state index in [-0.39, 0.29) is 24.9 Å². The van der Waals surface area contributed by atoms with Gasteiger partial charge in [-0.05, 0) is 89.5 Å². The molecule has 0 fully saturated rings. The molecule has 0 heterocycles. The predicted octanol–water partition coefficient (Wildman–Crippen LogP) is 19.4. The molecule has 0 aromatic heterocycles. The highest BCUT2D eigenvalue weighted by atomic mass is 31.2. The predicted molar refractivity (Wildman–Crippen MR) is 326 cm³/mol. The average Bonchev–Trinajstić information content (AvgIpc) is 3.38. The highest BCUT2D eigenvalue weighted by molar-refractivity contribution is 7.45. The fourth-order valence-electron chi connectivity index (χ4n) is 9.43. The zero-order chi connectivity index (χ0) is 55.7. The molecule has 0 saturated heterocycles. The number of hydrogen-bond donors (Lipinski definition) is 1. The Morgan fingerprint density at radius 1 is 0.461 bits per heavy atom. The van der Waals surface area contributed by atoms with Crippen LogP contribution in [0.15, 0.2) is 48.6 Å². The number of ether oxygens (including phenoxy) is 1. The minimum atomic E-state index is -4.70. The molecule has 0 rings (SSSR count). The van der Waals surface area contributed by atoms with Crippen molar-refractivity contribution in [3.8, 4) is 0 Å². The topological polar surface area (TPSA) is 114 Å². The van der Waals surface area contributed by atoms with Crippen LogP contribution in [0, 0.1) is 0 Å². The van der Waals surface area contributed by atoms with Crippen LogP contribution in [0.4, 0.5) is 0 Å². The van der Waals surface area contributed by atoms with Gasteiger partial charge in [0, 0.05) is 12.8 Å². The van der Waals surface area contributed by atoms with Crippen LogP contribution in [0.25, 0.3) is 0 Å². The molecule has 76 heavy (non-hydrogen) atoms. The first-order valence-corrected chi connectivity index (χ1v) is 33.9. The summed E-state index contributed by atoms with van der Waals surface area (Å²) in [6.07, 6.45) is 69.5. The molecule has 1 N–H and O–H groups in total. The number of nitrogens with zero attached hydrogens (tertiary/aromatic N) is 1. The normalized spacial score (nSPS) is 13.9. The molecule has 446 valence electrons. The lowest BCUT2D eigenvalue weighted by atomic mass is 10.0. The molecule has 3 unspecified atom stereocenters. The van der Waals surface area contributed by atoms with Gasteiger partial charge in [-0.1, -0.05) is 256 Å². The van der Waals surface area contributed by atoms with Crippen LogP contribution in [-0.2, 0) is 27.9 Å². The van der Waals surface area contributed by atoms with E-state index in [2.05, 4.69) is 62.5 Å². The molecule has 0 radical (unpaired) electrons. The summed E-state index contributed by atoms with van der Waals surface area (Å²) in [5, 5.41) is 3.02. The highest BCUT2D eigenvalue weighted by Gasteiger charge is 2.27. The number of phosphoric ester groups is 1. The lowest BCUT2D eigenvalue weighted by Crippen LogP contribution is -2.47. The summed E-state index contributed by atoms with van der Waals surface area (Å²) in [4.78, 5) is 40.0. The lowest BCUT2D eigenvalue weighted by Gasteiger charge is -2.30. The Hall–Kier alpha value is -2.03. The summed E-state index contributed by atoms with van der Waals surface area (Å²) in [6, 6.07) is -0.894. The number of rotatable bonds is 59. The van der Waals surface area contributed by atoms with Crippen LogP contribution in [0.5, 0.6) is 0 Å².